The van der Waals surface area contributed by atoms with Crippen molar-refractivity contribution in [2.45, 2.75) is 45.4 Å². The van der Waals surface area contributed by atoms with E-state index < -0.39 is 23.7 Å². The van der Waals surface area contributed by atoms with Gasteiger partial charge in [-0.2, -0.15) is 0 Å². The highest BCUT2D eigenvalue weighted by molar-refractivity contribution is 5.80. The first-order valence-electron chi connectivity index (χ1n) is 9.76. The number of carboxylic acid groups (broad SMARTS) is 1. The third-order valence-electron chi connectivity index (χ3n) is 4.23. The Morgan fingerprint density at radius 3 is 2.19 bits per heavy atom. The Balaban J connectivity index is 2.11. The van der Waals surface area contributed by atoms with Crippen LogP contribution in [0.15, 0.2) is 42.5 Å². The molecule has 31 heavy (non-hydrogen) atoms. The number of aliphatic carboxylic acids is 1. The first kappa shape index (κ1) is 23.9. The van der Waals surface area contributed by atoms with Gasteiger partial charge in [0, 0.05) is 12.0 Å². The van der Waals surface area contributed by atoms with Gasteiger partial charge in [0.05, 0.1) is 14.2 Å². The van der Waals surface area contributed by atoms with Crippen LogP contribution in [-0.2, 0) is 22.6 Å². The van der Waals surface area contributed by atoms with Gasteiger partial charge in [0.15, 0.2) is 0 Å². The van der Waals surface area contributed by atoms with E-state index in [-0.39, 0.29) is 13.0 Å². The third-order valence-corrected chi connectivity index (χ3v) is 4.23. The average molecular weight is 431 g/mol. The van der Waals surface area contributed by atoms with Crippen LogP contribution in [0, 0.1) is 0 Å². The molecule has 2 aromatic rings. The normalized spacial score (nSPS) is 11.9. The van der Waals surface area contributed by atoms with Crippen molar-refractivity contribution in [2.75, 3.05) is 14.2 Å². The standard InChI is InChI=1S/C23H29NO7/c1-23(2,3)31-22(27)24-19(21(25)26)13-15-6-11-20(29-5)16(12-15)14-30-18-9-7-17(28-4)8-10-18/h6-12,19H,13-14H2,1-5H3,(H,24,27)(H,25,26). The quantitative estimate of drug-likeness (QED) is 0.622. The first-order chi connectivity index (χ1) is 14.6. The number of hydrogen-bond acceptors (Lipinski definition) is 6. The SMILES string of the molecule is COc1ccc(OCc2cc(CC(NC(=O)OC(C)(C)C)C(=O)O)ccc2OC)cc1. The molecule has 2 rings (SSSR count). The molecule has 8 heteroatoms. The summed E-state index contributed by atoms with van der Waals surface area (Å²) in [6, 6.07) is 11.3. The molecule has 2 aromatic carbocycles. The van der Waals surface area contributed by atoms with E-state index in [4.69, 9.17) is 18.9 Å². The molecule has 0 heterocycles. The van der Waals surface area contributed by atoms with Crippen molar-refractivity contribution in [3.05, 3.63) is 53.6 Å². The lowest BCUT2D eigenvalue weighted by molar-refractivity contribution is -0.139. The number of ether oxygens (including phenoxy) is 4. The Morgan fingerprint density at radius 1 is 1.00 bits per heavy atom. The lowest BCUT2D eigenvalue weighted by atomic mass is 10.0. The molecule has 0 aromatic heterocycles. The van der Waals surface area contributed by atoms with E-state index in [0.29, 0.717) is 17.1 Å². The van der Waals surface area contributed by atoms with Crippen LogP contribution in [0.3, 0.4) is 0 Å². The summed E-state index contributed by atoms with van der Waals surface area (Å²) < 4.78 is 21.5. The lowest BCUT2D eigenvalue weighted by Gasteiger charge is -2.22. The maximum Gasteiger partial charge on any atom is 0.408 e. The molecule has 0 saturated heterocycles. The molecule has 0 aliphatic rings. The molecule has 2 N–H and O–H groups in total. The second-order valence-corrected chi connectivity index (χ2v) is 7.85. The molecule has 0 spiro atoms. The largest absolute Gasteiger partial charge is 0.497 e. The number of alkyl carbamates (subject to hydrolysis) is 1. The Hall–Kier alpha value is -3.42. The second kappa shape index (κ2) is 10.6. The van der Waals surface area contributed by atoms with Gasteiger partial charge in [0.2, 0.25) is 0 Å². The smallest absolute Gasteiger partial charge is 0.408 e. The Morgan fingerprint density at radius 2 is 1.65 bits per heavy atom. The molecular weight excluding hydrogens is 402 g/mol. The Bertz CT molecular complexity index is 888. The van der Waals surface area contributed by atoms with Gasteiger partial charge in [-0.15, -0.1) is 0 Å². The van der Waals surface area contributed by atoms with Crippen LogP contribution in [0.4, 0.5) is 4.79 Å². The molecule has 0 aliphatic carbocycles. The van der Waals surface area contributed by atoms with Crippen LogP contribution < -0.4 is 19.5 Å². The zero-order valence-corrected chi connectivity index (χ0v) is 18.4. The zero-order valence-electron chi connectivity index (χ0n) is 18.4. The first-order valence-corrected chi connectivity index (χ1v) is 9.76. The van der Waals surface area contributed by atoms with Gasteiger partial charge in [-0.25, -0.2) is 9.59 Å². The van der Waals surface area contributed by atoms with Gasteiger partial charge >= 0.3 is 12.1 Å². The number of benzene rings is 2. The predicted octanol–water partition coefficient (Wildman–Crippen LogP) is 3.80. The predicted molar refractivity (Wildman–Crippen MR) is 115 cm³/mol. The van der Waals surface area contributed by atoms with Crippen LogP contribution in [0.25, 0.3) is 0 Å². The van der Waals surface area contributed by atoms with Gasteiger partial charge in [0.1, 0.15) is 35.5 Å². The maximum atomic E-state index is 12.0. The van der Waals surface area contributed by atoms with Crippen molar-refractivity contribution in [3.8, 4) is 17.2 Å². The maximum absolute atomic E-state index is 12.0. The number of methoxy groups -OCH3 is 2. The topological polar surface area (TPSA) is 103 Å². The minimum absolute atomic E-state index is 0.0775. The third kappa shape index (κ3) is 7.73. The van der Waals surface area contributed by atoms with Crippen LogP contribution in [0.2, 0.25) is 0 Å². The Labute approximate surface area is 182 Å². The van der Waals surface area contributed by atoms with E-state index in [1.54, 1.807) is 77.5 Å². The number of amides is 1. The molecule has 1 unspecified atom stereocenters. The summed E-state index contributed by atoms with van der Waals surface area (Å²) in [4.78, 5) is 23.6. The fourth-order valence-electron chi connectivity index (χ4n) is 2.79. The molecule has 8 nitrogen and oxygen atoms in total. The van der Waals surface area contributed by atoms with E-state index in [0.717, 1.165) is 11.3 Å². The van der Waals surface area contributed by atoms with Gasteiger partial charge in [-0.05, 0) is 62.7 Å². The molecule has 0 fully saturated rings. The van der Waals surface area contributed by atoms with Crippen molar-refractivity contribution < 1.29 is 33.6 Å². The monoisotopic (exact) mass is 431 g/mol. The molecule has 168 valence electrons. The minimum atomic E-state index is -1.15. The van der Waals surface area contributed by atoms with Crippen LogP contribution in [0.5, 0.6) is 17.2 Å². The number of carbonyl (C=O) groups is 2. The summed E-state index contributed by atoms with van der Waals surface area (Å²) in [5.74, 6) is 0.842. The summed E-state index contributed by atoms with van der Waals surface area (Å²) in [7, 11) is 3.14. The fraction of sp³-hybridized carbons (Fsp3) is 0.391. The molecule has 0 saturated carbocycles. The van der Waals surface area contributed by atoms with Gasteiger partial charge < -0.3 is 29.4 Å². The van der Waals surface area contributed by atoms with Crippen molar-refractivity contribution in [2.24, 2.45) is 0 Å². The lowest BCUT2D eigenvalue weighted by Crippen LogP contribution is -2.44. The zero-order chi connectivity index (χ0) is 23.0. The van der Waals surface area contributed by atoms with Crippen LogP contribution >= 0.6 is 0 Å². The number of nitrogens with one attached hydrogen (secondary N) is 1. The molecular formula is C23H29NO7. The molecule has 0 bridgehead atoms. The highest BCUT2D eigenvalue weighted by atomic mass is 16.6. The van der Waals surface area contributed by atoms with Crippen LogP contribution in [0.1, 0.15) is 31.9 Å². The molecule has 1 amide bonds. The van der Waals surface area contributed by atoms with Crippen LogP contribution in [-0.4, -0.2) is 43.0 Å². The summed E-state index contributed by atoms with van der Waals surface area (Å²) in [6.45, 7) is 5.35. The molecule has 0 radical (unpaired) electrons. The van der Waals surface area contributed by atoms with E-state index >= 15 is 0 Å². The summed E-state index contributed by atoms with van der Waals surface area (Å²) in [6.07, 6.45) is -0.704. The van der Waals surface area contributed by atoms with Crippen molar-refractivity contribution in [1.29, 1.82) is 0 Å². The second-order valence-electron chi connectivity index (χ2n) is 7.85. The van der Waals surface area contributed by atoms with E-state index in [2.05, 4.69) is 5.32 Å². The average Bonchev–Trinajstić information content (AvgIpc) is 2.70. The van der Waals surface area contributed by atoms with Gasteiger partial charge in [-0.3, -0.25) is 0 Å². The number of hydrogen-bond donors (Lipinski definition) is 2. The van der Waals surface area contributed by atoms with Crippen molar-refractivity contribution >= 4 is 12.1 Å². The highest BCUT2D eigenvalue weighted by Gasteiger charge is 2.24. The van der Waals surface area contributed by atoms with Crippen molar-refractivity contribution in [3.63, 3.8) is 0 Å². The van der Waals surface area contributed by atoms with Gasteiger partial charge in [-0.1, -0.05) is 6.07 Å². The summed E-state index contributed by atoms with van der Waals surface area (Å²) in [5.41, 5.74) is 0.731. The van der Waals surface area contributed by atoms with E-state index in [9.17, 15) is 14.7 Å². The Kier molecular flexibility index (Phi) is 8.13. The van der Waals surface area contributed by atoms with Crippen molar-refractivity contribution in [1.82, 2.24) is 5.32 Å². The highest BCUT2D eigenvalue weighted by Crippen LogP contribution is 2.24. The minimum Gasteiger partial charge on any atom is -0.497 e. The summed E-state index contributed by atoms with van der Waals surface area (Å²) in [5, 5.41) is 11.9. The molecule has 1 atom stereocenters. The van der Waals surface area contributed by atoms with Gasteiger partial charge in [0.25, 0.3) is 0 Å². The number of carboxylic acids is 1. The summed E-state index contributed by atoms with van der Waals surface area (Å²) >= 11 is 0. The van der Waals surface area contributed by atoms with E-state index in [1.165, 1.54) is 0 Å². The fourth-order valence-corrected chi connectivity index (χ4v) is 2.79. The number of carbonyl (C=O) groups excluding carboxylic acids is 1. The van der Waals surface area contributed by atoms with E-state index in [1.807, 2.05) is 0 Å². The molecule has 0 aliphatic heterocycles. The number of rotatable bonds is 9.